The third-order valence-electron chi connectivity index (χ3n) is 4.69. The second-order valence-corrected chi connectivity index (χ2v) is 8.38. The van der Waals surface area contributed by atoms with Crippen LogP contribution in [0.15, 0.2) is 0 Å². The van der Waals surface area contributed by atoms with E-state index in [0.717, 1.165) is 31.0 Å². The molecule has 0 fully saturated rings. The summed E-state index contributed by atoms with van der Waals surface area (Å²) in [5.41, 5.74) is 0. The van der Waals surface area contributed by atoms with Crippen LogP contribution in [-0.4, -0.2) is 23.5 Å². The van der Waals surface area contributed by atoms with Gasteiger partial charge in [-0.3, -0.25) is 4.79 Å². The van der Waals surface area contributed by atoms with Crippen LogP contribution in [0, 0.1) is 0 Å². The summed E-state index contributed by atoms with van der Waals surface area (Å²) >= 11 is 1.11. The van der Waals surface area contributed by atoms with E-state index in [4.69, 9.17) is 0 Å². The molecule has 0 aliphatic rings. The van der Waals surface area contributed by atoms with Gasteiger partial charge in [0, 0.05) is 0 Å². The highest BCUT2D eigenvalue weighted by Crippen LogP contribution is 2.19. The Morgan fingerprint density at radius 3 is 1.35 bits per heavy atom. The first-order chi connectivity index (χ1) is 12.5. The number of unbranched alkanes of at least 4 members (excludes halogenated alkanes) is 15. The average molecular weight is 397 g/mol. The van der Waals surface area contributed by atoms with Crippen molar-refractivity contribution in [3.63, 3.8) is 0 Å². The number of alkyl halides is 3. The first-order valence-electron chi connectivity index (χ1n) is 10.7. The highest BCUT2D eigenvalue weighted by molar-refractivity contribution is 7.99. The molecule has 26 heavy (non-hydrogen) atoms. The third kappa shape index (κ3) is 18.6. The van der Waals surface area contributed by atoms with Gasteiger partial charge in [0.05, 0.1) is 5.75 Å². The Labute approximate surface area is 163 Å². The summed E-state index contributed by atoms with van der Waals surface area (Å²) in [7, 11) is 0. The van der Waals surface area contributed by atoms with E-state index in [1.165, 1.54) is 83.5 Å². The number of rotatable bonds is 19. The van der Waals surface area contributed by atoms with Crippen molar-refractivity contribution in [2.24, 2.45) is 0 Å². The predicted molar refractivity (Wildman–Crippen MR) is 108 cm³/mol. The molecular weight excluding hydrogens is 357 g/mol. The van der Waals surface area contributed by atoms with Gasteiger partial charge in [0.15, 0.2) is 0 Å². The fourth-order valence-corrected chi connectivity index (χ4v) is 3.90. The number of Topliss-reactive ketones (excluding diaryl/α,β-unsaturated/α-hetero) is 1. The Balaban J connectivity index is 3.10. The third-order valence-corrected chi connectivity index (χ3v) is 5.74. The average Bonchev–Trinajstić information content (AvgIpc) is 2.59. The Morgan fingerprint density at radius 2 is 1.00 bits per heavy atom. The van der Waals surface area contributed by atoms with Crippen molar-refractivity contribution < 1.29 is 18.0 Å². The molecular formula is C21H39F3OS. The summed E-state index contributed by atoms with van der Waals surface area (Å²) in [4.78, 5) is 10.7. The molecule has 0 heterocycles. The van der Waals surface area contributed by atoms with Crippen molar-refractivity contribution >= 4 is 17.5 Å². The molecule has 0 radical (unpaired) electrons. The van der Waals surface area contributed by atoms with Crippen LogP contribution in [0.4, 0.5) is 13.2 Å². The zero-order valence-corrected chi connectivity index (χ0v) is 17.5. The number of thioether (sulfide) groups is 1. The quantitative estimate of drug-likeness (QED) is 0.205. The van der Waals surface area contributed by atoms with Crippen LogP contribution in [0.2, 0.25) is 0 Å². The first-order valence-corrected chi connectivity index (χ1v) is 11.8. The number of carbonyl (C=O) groups excluding carboxylic acids is 1. The molecule has 1 nitrogen and oxygen atoms in total. The number of hydrogen-bond acceptors (Lipinski definition) is 2. The standard InChI is InChI=1S/C21H39F3OS/c1-2-3-4-5-6-7-8-9-10-11-12-13-14-15-16-17-18-26-19-20(25)21(22,23)24/h2-19H2,1H3. The van der Waals surface area contributed by atoms with Crippen molar-refractivity contribution in [3.8, 4) is 0 Å². The van der Waals surface area contributed by atoms with Gasteiger partial charge in [-0.25, -0.2) is 0 Å². The van der Waals surface area contributed by atoms with Crippen molar-refractivity contribution in [2.75, 3.05) is 11.5 Å². The molecule has 5 heteroatoms. The summed E-state index contributed by atoms with van der Waals surface area (Å²) in [6.07, 6.45) is 16.1. The minimum Gasteiger partial charge on any atom is -0.289 e. The fraction of sp³-hybridized carbons (Fsp3) is 0.952. The fourth-order valence-electron chi connectivity index (χ4n) is 3.00. The van der Waals surface area contributed by atoms with Crippen molar-refractivity contribution in [3.05, 3.63) is 0 Å². The smallest absolute Gasteiger partial charge is 0.289 e. The molecule has 0 N–H and O–H groups in total. The Bertz CT molecular complexity index is 319. The minimum absolute atomic E-state index is 0.428. The van der Waals surface area contributed by atoms with Crippen LogP contribution in [-0.2, 0) is 4.79 Å². The maximum atomic E-state index is 12.0. The van der Waals surface area contributed by atoms with Gasteiger partial charge in [-0.1, -0.05) is 103 Å². The van der Waals surface area contributed by atoms with Crippen LogP contribution in [0.5, 0.6) is 0 Å². The molecule has 0 aromatic carbocycles. The van der Waals surface area contributed by atoms with Gasteiger partial charge in [0.2, 0.25) is 5.78 Å². The number of ketones is 1. The topological polar surface area (TPSA) is 17.1 Å². The lowest BCUT2D eigenvalue weighted by molar-refractivity contribution is -0.167. The van der Waals surface area contributed by atoms with E-state index >= 15 is 0 Å². The van der Waals surface area contributed by atoms with Gasteiger partial charge >= 0.3 is 6.18 Å². The normalized spacial score (nSPS) is 11.8. The molecule has 0 aromatic heterocycles. The second kappa shape index (κ2) is 18.2. The van der Waals surface area contributed by atoms with Gasteiger partial charge in [-0.15, -0.1) is 0 Å². The van der Waals surface area contributed by atoms with Crippen LogP contribution in [0.3, 0.4) is 0 Å². The van der Waals surface area contributed by atoms with Crippen LogP contribution in [0.25, 0.3) is 0 Å². The summed E-state index contributed by atoms with van der Waals surface area (Å²) < 4.78 is 36.0. The van der Waals surface area contributed by atoms with E-state index in [1.54, 1.807) is 0 Å². The Morgan fingerprint density at radius 1 is 0.654 bits per heavy atom. The van der Waals surface area contributed by atoms with Gasteiger partial charge < -0.3 is 0 Å². The molecule has 0 unspecified atom stereocenters. The molecule has 0 atom stereocenters. The Kier molecular flexibility index (Phi) is 18.1. The van der Waals surface area contributed by atoms with Crippen molar-refractivity contribution in [1.82, 2.24) is 0 Å². The molecule has 0 aromatic rings. The summed E-state index contributed by atoms with van der Waals surface area (Å²) in [5.74, 6) is -1.39. The van der Waals surface area contributed by atoms with Gasteiger partial charge in [-0.05, 0) is 12.2 Å². The molecule has 0 saturated carbocycles. The zero-order chi connectivity index (χ0) is 19.5. The van der Waals surface area contributed by atoms with E-state index in [-0.39, 0.29) is 0 Å². The molecule has 0 saturated heterocycles. The molecule has 156 valence electrons. The zero-order valence-electron chi connectivity index (χ0n) is 16.7. The molecule has 0 aliphatic heterocycles. The van der Waals surface area contributed by atoms with Crippen molar-refractivity contribution in [1.29, 1.82) is 0 Å². The lowest BCUT2D eigenvalue weighted by Crippen LogP contribution is -2.24. The Hall–Kier alpha value is -0.190. The highest BCUT2D eigenvalue weighted by Gasteiger charge is 2.37. The maximum Gasteiger partial charge on any atom is 0.450 e. The van der Waals surface area contributed by atoms with E-state index in [1.807, 2.05) is 0 Å². The molecule has 0 amide bonds. The van der Waals surface area contributed by atoms with Crippen molar-refractivity contribution in [2.45, 2.75) is 116 Å². The monoisotopic (exact) mass is 396 g/mol. The van der Waals surface area contributed by atoms with Crippen LogP contribution >= 0.6 is 11.8 Å². The summed E-state index contributed by atoms with van der Waals surface area (Å²) in [6.45, 7) is 2.26. The largest absolute Gasteiger partial charge is 0.450 e. The molecule has 0 rings (SSSR count). The van der Waals surface area contributed by atoms with E-state index in [0.29, 0.717) is 5.75 Å². The van der Waals surface area contributed by atoms with E-state index in [2.05, 4.69) is 6.92 Å². The summed E-state index contributed by atoms with van der Waals surface area (Å²) in [6, 6.07) is 0. The van der Waals surface area contributed by atoms with E-state index < -0.39 is 17.7 Å². The first kappa shape index (κ1) is 25.8. The number of halogens is 3. The SMILES string of the molecule is CCCCCCCCCCCCCCCCCCSCC(=O)C(F)(F)F. The van der Waals surface area contributed by atoms with Crippen LogP contribution < -0.4 is 0 Å². The van der Waals surface area contributed by atoms with Crippen LogP contribution in [0.1, 0.15) is 110 Å². The minimum atomic E-state index is -4.67. The van der Waals surface area contributed by atoms with Gasteiger partial charge in [0.1, 0.15) is 0 Å². The number of carbonyl (C=O) groups is 1. The lowest BCUT2D eigenvalue weighted by Gasteiger charge is -2.05. The summed E-state index contributed by atoms with van der Waals surface area (Å²) in [5, 5.41) is 0. The van der Waals surface area contributed by atoms with E-state index in [9.17, 15) is 18.0 Å². The van der Waals surface area contributed by atoms with Gasteiger partial charge in [0.25, 0.3) is 0 Å². The molecule has 0 bridgehead atoms. The predicted octanol–water partition coefficient (Wildman–Crippen LogP) is 8.11. The second-order valence-electron chi connectivity index (χ2n) is 7.28. The lowest BCUT2D eigenvalue weighted by atomic mass is 10.0. The highest BCUT2D eigenvalue weighted by atomic mass is 32.2. The maximum absolute atomic E-state index is 12.0. The molecule has 0 aliphatic carbocycles. The van der Waals surface area contributed by atoms with Gasteiger partial charge in [-0.2, -0.15) is 24.9 Å². The number of hydrogen-bond donors (Lipinski definition) is 0. The molecule has 0 spiro atoms.